The molecule has 176 valence electrons. The lowest BCUT2D eigenvalue weighted by Gasteiger charge is -2.29. The number of anilines is 2. The number of hydrogen-bond donors (Lipinski definition) is 0. The van der Waals surface area contributed by atoms with Crippen molar-refractivity contribution in [3.05, 3.63) is 80.2 Å². The number of fused-ring (bicyclic) bond motifs is 1. The maximum absolute atomic E-state index is 5.90. The van der Waals surface area contributed by atoms with Gasteiger partial charge in [-0.3, -0.25) is 0 Å². The summed E-state index contributed by atoms with van der Waals surface area (Å²) in [7, 11) is 7.84. The van der Waals surface area contributed by atoms with E-state index in [1.807, 2.05) is 32.3 Å². The smallest absolute Gasteiger partial charge is 0.143 e. The molecule has 6 heteroatoms. The van der Waals surface area contributed by atoms with Crippen LogP contribution in [0.3, 0.4) is 0 Å². The predicted molar refractivity (Wildman–Crippen MR) is 147 cm³/mol. The number of ether oxygens (including phenoxy) is 2. The van der Waals surface area contributed by atoms with Crippen molar-refractivity contribution >= 4 is 43.2 Å². The molecule has 1 unspecified atom stereocenters. The fraction of sp³-hybridized carbons (Fsp3) is 0.333. The number of nitrogens with zero attached hydrogens (tertiary/aromatic N) is 2. The molecule has 0 amide bonds. The van der Waals surface area contributed by atoms with Gasteiger partial charge in [-0.2, -0.15) is 0 Å². The van der Waals surface area contributed by atoms with Gasteiger partial charge in [0.2, 0.25) is 0 Å². The molecule has 4 nitrogen and oxygen atoms in total. The average molecular weight is 576 g/mol. The first kappa shape index (κ1) is 25.4. The van der Waals surface area contributed by atoms with Gasteiger partial charge in [-0.1, -0.05) is 74.7 Å². The summed E-state index contributed by atoms with van der Waals surface area (Å²) < 4.78 is 13.7. The van der Waals surface area contributed by atoms with E-state index in [1.165, 1.54) is 16.7 Å². The minimum Gasteiger partial charge on any atom is -0.495 e. The molecule has 1 atom stereocenters. The number of hydrogen-bond acceptors (Lipinski definition) is 4. The summed E-state index contributed by atoms with van der Waals surface area (Å²) in [5.41, 5.74) is 5.86. The summed E-state index contributed by atoms with van der Waals surface area (Å²) in [4.78, 5) is 4.28. The normalized spacial score (nSPS) is 13.3. The maximum atomic E-state index is 5.90. The van der Waals surface area contributed by atoms with Crippen LogP contribution in [0.15, 0.2) is 63.5 Å². The average Bonchev–Trinajstić information content (AvgIpc) is 2.79. The standard InChI is InChI=1S/C20H24Br2N2O2.C7H8/c1-12(13-8-19(25-5)17(23(2)3)10-15(13)21)14-9-20-18(11-16(14)22)24(4)6-7-26-20;1-7-5-3-2-4-6-7/h8-12H,6-7H2,1-5H3;2-6H,1H3. The zero-order chi connectivity index (χ0) is 24.1. The van der Waals surface area contributed by atoms with E-state index in [9.17, 15) is 0 Å². The van der Waals surface area contributed by atoms with Crippen LogP contribution < -0.4 is 19.3 Å². The zero-order valence-corrected chi connectivity index (χ0v) is 23.3. The number of benzene rings is 3. The zero-order valence-electron chi connectivity index (χ0n) is 20.2. The molecule has 3 aromatic rings. The Kier molecular flexibility index (Phi) is 8.71. The number of aryl methyl sites for hydroxylation is 1. The summed E-state index contributed by atoms with van der Waals surface area (Å²) in [6, 6.07) is 18.8. The van der Waals surface area contributed by atoms with E-state index >= 15 is 0 Å². The third-order valence-electron chi connectivity index (χ3n) is 5.83. The molecule has 0 bridgehead atoms. The fourth-order valence-corrected chi connectivity index (χ4v) is 5.17. The first-order chi connectivity index (χ1) is 15.7. The molecule has 0 saturated carbocycles. The van der Waals surface area contributed by atoms with E-state index in [1.54, 1.807) is 7.11 Å². The van der Waals surface area contributed by atoms with Crippen molar-refractivity contribution in [2.45, 2.75) is 19.8 Å². The van der Waals surface area contributed by atoms with Crippen LogP contribution in [0.2, 0.25) is 0 Å². The second kappa shape index (κ2) is 11.3. The highest BCUT2D eigenvalue weighted by atomic mass is 79.9. The summed E-state index contributed by atoms with van der Waals surface area (Å²) in [6.07, 6.45) is 0. The molecule has 1 aliphatic heterocycles. The van der Waals surface area contributed by atoms with Gasteiger partial charge in [-0.15, -0.1) is 0 Å². The Morgan fingerprint density at radius 1 is 1.00 bits per heavy atom. The fourth-order valence-electron chi connectivity index (χ4n) is 3.82. The van der Waals surface area contributed by atoms with Crippen molar-refractivity contribution in [2.24, 2.45) is 0 Å². The summed E-state index contributed by atoms with van der Waals surface area (Å²) in [5.74, 6) is 1.98. The number of rotatable bonds is 4. The lowest BCUT2D eigenvalue weighted by molar-refractivity contribution is 0.311. The molecule has 0 spiro atoms. The molecule has 0 aromatic heterocycles. The Labute approximate surface area is 214 Å². The Balaban J connectivity index is 0.000000374. The molecule has 0 fully saturated rings. The Morgan fingerprint density at radius 2 is 1.64 bits per heavy atom. The highest BCUT2D eigenvalue weighted by Gasteiger charge is 2.23. The molecule has 0 saturated heterocycles. The van der Waals surface area contributed by atoms with Gasteiger partial charge in [0.25, 0.3) is 0 Å². The molecule has 1 aliphatic rings. The third-order valence-corrected chi connectivity index (χ3v) is 7.20. The highest BCUT2D eigenvalue weighted by Crippen LogP contribution is 2.43. The second-order valence-electron chi connectivity index (χ2n) is 8.43. The van der Waals surface area contributed by atoms with Crippen molar-refractivity contribution < 1.29 is 9.47 Å². The van der Waals surface area contributed by atoms with Gasteiger partial charge in [0.05, 0.1) is 25.0 Å². The third kappa shape index (κ3) is 6.04. The molecule has 0 radical (unpaired) electrons. The topological polar surface area (TPSA) is 24.9 Å². The molecule has 0 aliphatic carbocycles. The van der Waals surface area contributed by atoms with Crippen molar-refractivity contribution in [1.82, 2.24) is 0 Å². The Bertz CT molecular complexity index is 1040. The maximum Gasteiger partial charge on any atom is 0.143 e. The first-order valence-electron chi connectivity index (χ1n) is 11.0. The molecule has 0 N–H and O–H groups in total. The van der Waals surface area contributed by atoms with Crippen LogP contribution in [0.4, 0.5) is 11.4 Å². The van der Waals surface area contributed by atoms with E-state index in [2.05, 4.69) is 99.0 Å². The second-order valence-corrected chi connectivity index (χ2v) is 10.1. The van der Waals surface area contributed by atoms with Crippen molar-refractivity contribution in [3.63, 3.8) is 0 Å². The largest absolute Gasteiger partial charge is 0.495 e. The van der Waals surface area contributed by atoms with Gasteiger partial charge >= 0.3 is 0 Å². The molecule has 33 heavy (non-hydrogen) atoms. The van der Waals surface area contributed by atoms with Gasteiger partial charge in [0, 0.05) is 36.0 Å². The highest BCUT2D eigenvalue weighted by molar-refractivity contribution is 9.10. The molecular formula is C27H32Br2N2O2. The van der Waals surface area contributed by atoms with Crippen LogP contribution >= 0.6 is 31.9 Å². The summed E-state index contributed by atoms with van der Waals surface area (Å²) in [6.45, 7) is 5.91. The van der Waals surface area contributed by atoms with Crippen LogP contribution in [0.1, 0.15) is 29.5 Å². The van der Waals surface area contributed by atoms with Gasteiger partial charge in [0.1, 0.15) is 18.1 Å². The van der Waals surface area contributed by atoms with Gasteiger partial charge in [0.15, 0.2) is 0 Å². The summed E-state index contributed by atoms with van der Waals surface area (Å²) in [5, 5.41) is 0. The van der Waals surface area contributed by atoms with Crippen molar-refractivity contribution in [2.75, 3.05) is 51.2 Å². The van der Waals surface area contributed by atoms with E-state index in [-0.39, 0.29) is 5.92 Å². The number of likely N-dealkylation sites (N-methyl/N-ethyl adjacent to an activating group) is 1. The van der Waals surface area contributed by atoms with Crippen molar-refractivity contribution in [3.8, 4) is 11.5 Å². The SMILES string of the molecule is COc1cc(C(C)c2cc3c(cc2Br)N(C)CCO3)c(Br)cc1N(C)C.Cc1ccccc1. The van der Waals surface area contributed by atoms with E-state index in [0.29, 0.717) is 6.61 Å². The minimum atomic E-state index is 0.171. The van der Waals surface area contributed by atoms with Crippen LogP contribution in [0, 0.1) is 6.92 Å². The molecule has 1 heterocycles. The van der Waals surface area contributed by atoms with Crippen LogP contribution in [0.25, 0.3) is 0 Å². The van der Waals surface area contributed by atoms with Crippen LogP contribution in [0.5, 0.6) is 11.5 Å². The number of methoxy groups -OCH3 is 1. The lowest BCUT2D eigenvalue weighted by Crippen LogP contribution is -2.28. The number of halogens is 2. The Hall–Kier alpha value is -2.18. The summed E-state index contributed by atoms with van der Waals surface area (Å²) >= 11 is 7.51. The van der Waals surface area contributed by atoms with E-state index in [4.69, 9.17) is 9.47 Å². The minimum absolute atomic E-state index is 0.171. The van der Waals surface area contributed by atoms with Gasteiger partial charge in [-0.25, -0.2) is 0 Å². The van der Waals surface area contributed by atoms with E-state index in [0.717, 1.165) is 38.4 Å². The van der Waals surface area contributed by atoms with Crippen LogP contribution in [-0.4, -0.2) is 41.4 Å². The Morgan fingerprint density at radius 3 is 2.21 bits per heavy atom. The van der Waals surface area contributed by atoms with Crippen LogP contribution in [-0.2, 0) is 0 Å². The molecule has 3 aromatic carbocycles. The quantitative estimate of drug-likeness (QED) is 0.327. The van der Waals surface area contributed by atoms with E-state index < -0.39 is 0 Å². The molecular weight excluding hydrogens is 544 g/mol. The molecule has 4 rings (SSSR count). The lowest BCUT2D eigenvalue weighted by atomic mass is 9.92. The van der Waals surface area contributed by atoms with Crippen molar-refractivity contribution in [1.29, 1.82) is 0 Å². The predicted octanol–water partition coefficient (Wildman–Crippen LogP) is 7.26. The monoisotopic (exact) mass is 574 g/mol. The van der Waals surface area contributed by atoms with Gasteiger partial charge < -0.3 is 19.3 Å². The first-order valence-corrected chi connectivity index (χ1v) is 12.5. The van der Waals surface area contributed by atoms with Gasteiger partial charge in [-0.05, 0) is 42.3 Å².